The van der Waals surface area contributed by atoms with E-state index in [0.717, 1.165) is 22.4 Å². The normalized spacial score (nSPS) is 12.7. The Morgan fingerprint density at radius 3 is 2.20 bits per heavy atom. The van der Waals surface area contributed by atoms with Gasteiger partial charge in [0.2, 0.25) is 5.91 Å². The van der Waals surface area contributed by atoms with Crippen LogP contribution in [-0.4, -0.2) is 5.91 Å². The van der Waals surface area contributed by atoms with Crippen molar-refractivity contribution >= 4 is 23.2 Å². The number of carbonyl (C=O) groups is 1. The molecule has 25 heavy (non-hydrogen) atoms. The summed E-state index contributed by atoms with van der Waals surface area (Å²) in [5, 5.41) is 3.61. The predicted molar refractivity (Wildman–Crippen MR) is 99.6 cm³/mol. The number of para-hydroxylation sites is 2. The maximum absolute atomic E-state index is 13.1. The number of hydrogen-bond acceptors (Lipinski definition) is 2. The standard InChI is InChI=1S/C21H16ClNO2/c1-13-10-11-14(22)12-17(13)23-21(24)20-15-6-2-4-8-18(15)25-19-9-5-3-7-16(19)20/h2-12,20H,1H3,(H,23,24). The van der Waals surface area contributed by atoms with Gasteiger partial charge in [-0.05, 0) is 36.8 Å². The minimum atomic E-state index is -0.431. The number of ether oxygens (including phenoxy) is 1. The summed E-state index contributed by atoms with van der Waals surface area (Å²) in [6.07, 6.45) is 0. The molecule has 1 N–H and O–H groups in total. The molecular formula is C21H16ClNO2. The van der Waals surface area contributed by atoms with Crippen molar-refractivity contribution in [2.75, 3.05) is 5.32 Å². The predicted octanol–water partition coefficient (Wildman–Crippen LogP) is 5.52. The van der Waals surface area contributed by atoms with Crippen LogP contribution in [0.15, 0.2) is 66.7 Å². The van der Waals surface area contributed by atoms with Gasteiger partial charge >= 0.3 is 0 Å². The summed E-state index contributed by atoms with van der Waals surface area (Å²) in [6.45, 7) is 1.94. The molecule has 0 unspecified atom stereocenters. The fourth-order valence-corrected chi connectivity index (χ4v) is 3.30. The highest BCUT2D eigenvalue weighted by Gasteiger charge is 2.32. The van der Waals surface area contributed by atoms with Crippen LogP contribution in [0.2, 0.25) is 5.02 Å². The van der Waals surface area contributed by atoms with Crippen LogP contribution >= 0.6 is 11.6 Å². The van der Waals surface area contributed by atoms with E-state index in [1.165, 1.54) is 0 Å². The van der Waals surface area contributed by atoms with Gasteiger partial charge in [0.15, 0.2) is 0 Å². The Morgan fingerprint density at radius 1 is 0.960 bits per heavy atom. The van der Waals surface area contributed by atoms with E-state index in [0.29, 0.717) is 16.5 Å². The van der Waals surface area contributed by atoms with E-state index in [-0.39, 0.29) is 5.91 Å². The number of benzene rings is 3. The second kappa shape index (κ2) is 6.26. The lowest BCUT2D eigenvalue weighted by molar-refractivity contribution is -0.116. The van der Waals surface area contributed by atoms with E-state index in [2.05, 4.69) is 5.32 Å². The van der Waals surface area contributed by atoms with Gasteiger partial charge in [0.05, 0.1) is 5.92 Å². The van der Waals surface area contributed by atoms with E-state index >= 15 is 0 Å². The Morgan fingerprint density at radius 2 is 1.56 bits per heavy atom. The minimum absolute atomic E-state index is 0.103. The number of carbonyl (C=O) groups excluding carboxylic acids is 1. The average Bonchev–Trinajstić information content (AvgIpc) is 2.62. The number of nitrogens with one attached hydrogen (secondary N) is 1. The summed E-state index contributed by atoms with van der Waals surface area (Å²) in [4.78, 5) is 13.1. The monoisotopic (exact) mass is 349 g/mol. The van der Waals surface area contributed by atoms with Crippen molar-refractivity contribution in [2.24, 2.45) is 0 Å². The van der Waals surface area contributed by atoms with Crippen molar-refractivity contribution in [2.45, 2.75) is 12.8 Å². The zero-order chi connectivity index (χ0) is 17.4. The third kappa shape index (κ3) is 2.87. The van der Waals surface area contributed by atoms with Crippen molar-refractivity contribution in [1.29, 1.82) is 0 Å². The van der Waals surface area contributed by atoms with E-state index in [1.807, 2.05) is 67.6 Å². The van der Waals surface area contributed by atoms with Crippen LogP contribution in [0.3, 0.4) is 0 Å². The summed E-state index contributed by atoms with van der Waals surface area (Å²) in [6, 6.07) is 20.8. The zero-order valence-electron chi connectivity index (χ0n) is 13.6. The van der Waals surface area contributed by atoms with E-state index < -0.39 is 5.92 Å². The van der Waals surface area contributed by atoms with Gasteiger partial charge in [0.1, 0.15) is 11.5 Å². The van der Waals surface area contributed by atoms with Gasteiger partial charge < -0.3 is 10.1 Å². The highest BCUT2D eigenvalue weighted by atomic mass is 35.5. The third-order valence-electron chi connectivity index (χ3n) is 4.40. The number of hydrogen-bond donors (Lipinski definition) is 1. The highest BCUT2D eigenvalue weighted by Crippen LogP contribution is 2.44. The number of fused-ring (bicyclic) bond motifs is 2. The van der Waals surface area contributed by atoms with E-state index in [9.17, 15) is 4.79 Å². The molecule has 0 aliphatic carbocycles. The maximum atomic E-state index is 13.1. The molecule has 3 aromatic carbocycles. The molecule has 0 atom stereocenters. The first kappa shape index (κ1) is 15.7. The van der Waals surface area contributed by atoms with Crippen LogP contribution in [0.1, 0.15) is 22.6 Å². The first-order valence-corrected chi connectivity index (χ1v) is 8.44. The maximum Gasteiger partial charge on any atom is 0.236 e. The molecule has 3 nitrogen and oxygen atoms in total. The van der Waals surface area contributed by atoms with Gasteiger partial charge in [-0.3, -0.25) is 4.79 Å². The molecule has 0 saturated heterocycles. The van der Waals surface area contributed by atoms with Gasteiger partial charge in [-0.15, -0.1) is 0 Å². The Kier molecular flexibility index (Phi) is 3.94. The van der Waals surface area contributed by atoms with Gasteiger partial charge in [-0.2, -0.15) is 0 Å². The van der Waals surface area contributed by atoms with Crippen molar-refractivity contribution in [3.63, 3.8) is 0 Å². The zero-order valence-corrected chi connectivity index (χ0v) is 14.4. The summed E-state index contributed by atoms with van der Waals surface area (Å²) in [7, 11) is 0. The second-order valence-electron chi connectivity index (χ2n) is 6.06. The average molecular weight is 350 g/mol. The molecule has 124 valence electrons. The lowest BCUT2D eigenvalue weighted by Crippen LogP contribution is -2.25. The van der Waals surface area contributed by atoms with Gasteiger partial charge in [-0.1, -0.05) is 54.1 Å². The molecule has 1 aliphatic rings. The van der Waals surface area contributed by atoms with Crippen molar-refractivity contribution in [1.82, 2.24) is 0 Å². The van der Waals surface area contributed by atoms with Crippen LogP contribution in [0.25, 0.3) is 0 Å². The molecule has 0 saturated carbocycles. The molecule has 0 spiro atoms. The Bertz CT molecular complexity index is 922. The smallest absolute Gasteiger partial charge is 0.236 e. The van der Waals surface area contributed by atoms with Gasteiger partial charge in [-0.25, -0.2) is 0 Å². The quantitative estimate of drug-likeness (QED) is 0.661. The van der Waals surface area contributed by atoms with Gasteiger partial charge in [0.25, 0.3) is 0 Å². The summed E-state index contributed by atoms with van der Waals surface area (Å²) < 4.78 is 5.95. The van der Waals surface area contributed by atoms with Crippen LogP contribution in [0.5, 0.6) is 11.5 Å². The molecule has 3 aromatic rings. The first-order chi connectivity index (χ1) is 12.1. The third-order valence-corrected chi connectivity index (χ3v) is 4.63. The molecule has 0 radical (unpaired) electrons. The second-order valence-corrected chi connectivity index (χ2v) is 6.50. The minimum Gasteiger partial charge on any atom is -0.457 e. The molecule has 1 heterocycles. The van der Waals surface area contributed by atoms with Crippen LogP contribution < -0.4 is 10.1 Å². The summed E-state index contributed by atoms with van der Waals surface area (Å²) in [5.41, 5.74) is 3.40. The molecule has 0 aromatic heterocycles. The molecule has 4 heteroatoms. The number of aryl methyl sites for hydroxylation is 1. The lowest BCUT2D eigenvalue weighted by Gasteiger charge is -2.27. The van der Waals surface area contributed by atoms with Crippen LogP contribution in [0, 0.1) is 6.92 Å². The SMILES string of the molecule is Cc1ccc(Cl)cc1NC(=O)C1c2ccccc2Oc2ccccc21. The number of rotatable bonds is 2. The van der Waals surface area contributed by atoms with E-state index in [4.69, 9.17) is 16.3 Å². The van der Waals surface area contributed by atoms with Crippen LogP contribution in [0.4, 0.5) is 5.69 Å². The van der Waals surface area contributed by atoms with Crippen LogP contribution in [-0.2, 0) is 4.79 Å². The Labute approximate surface area is 151 Å². The highest BCUT2D eigenvalue weighted by molar-refractivity contribution is 6.31. The fourth-order valence-electron chi connectivity index (χ4n) is 3.13. The van der Waals surface area contributed by atoms with Crippen molar-refractivity contribution in [3.05, 3.63) is 88.4 Å². The number of amides is 1. The molecule has 0 bridgehead atoms. The van der Waals surface area contributed by atoms with Gasteiger partial charge in [0, 0.05) is 21.8 Å². The Balaban J connectivity index is 1.76. The fraction of sp³-hybridized carbons (Fsp3) is 0.0952. The molecule has 0 fully saturated rings. The summed E-state index contributed by atoms with van der Waals surface area (Å²) >= 11 is 6.08. The molecule has 4 rings (SSSR count). The molecule has 1 aliphatic heterocycles. The summed E-state index contributed by atoms with van der Waals surface area (Å²) in [5.74, 6) is 0.890. The molecule has 1 amide bonds. The number of halogens is 1. The topological polar surface area (TPSA) is 38.3 Å². The largest absolute Gasteiger partial charge is 0.457 e. The van der Waals surface area contributed by atoms with Crippen molar-refractivity contribution in [3.8, 4) is 11.5 Å². The number of anilines is 1. The van der Waals surface area contributed by atoms with Crippen molar-refractivity contribution < 1.29 is 9.53 Å². The Hall–Kier alpha value is -2.78. The molecular weight excluding hydrogens is 334 g/mol. The van der Waals surface area contributed by atoms with E-state index in [1.54, 1.807) is 6.07 Å². The first-order valence-electron chi connectivity index (χ1n) is 8.06. The lowest BCUT2D eigenvalue weighted by atomic mass is 9.87.